The first-order valence-corrected chi connectivity index (χ1v) is 8.69. The van der Waals surface area contributed by atoms with Crippen LogP contribution in [0.25, 0.3) is 0 Å². The minimum absolute atomic E-state index is 0.0227. The SMILES string of the molecule is COc1cc(C(=O)OCC(=O)Nc2cc(C)ccc2C)ccc1OC(C)C. The monoisotopic (exact) mass is 371 g/mol. The minimum atomic E-state index is -0.611. The topological polar surface area (TPSA) is 73.9 Å². The zero-order valence-corrected chi connectivity index (χ0v) is 16.3. The smallest absolute Gasteiger partial charge is 0.338 e. The van der Waals surface area contributed by atoms with Gasteiger partial charge in [0.05, 0.1) is 18.8 Å². The number of hydrogen-bond donors (Lipinski definition) is 1. The summed E-state index contributed by atoms with van der Waals surface area (Å²) in [5.74, 6) is -0.0426. The molecule has 0 bridgehead atoms. The Balaban J connectivity index is 1.98. The number of ether oxygens (including phenoxy) is 3. The molecule has 6 nitrogen and oxygen atoms in total. The van der Waals surface area contributed by atoms with Gasteiger partial charge in [0.25, 0.3) is 5.91 Å². The van der Waals surface area contributed by atoms with E-state index in [0.29, 0.717) is 17.2 Å². The lowest BCUT2D eigenvalue weighted by Gasteiger charge is -2.14. The lowest BCUT2D eigenvalue weighted by Crippen LogP contribution is -2.21. The zero-order valence-electron chi connectivity index (χ0n) is 16.3. The Hall–Kier alpha value is -3.02. The molecule has 144 valence electrons. The van der Waals surface area contributed by atoms with Gasteiger partial charge in [0, 0.05) is 5.69 Å². The fourth-order valence-electron chi connectivity index (χ4n) is 2.42. The van der Waals surface area contributed by atoms with E-state index in [1.54, 1.807) is 12.1 Å². The van der Waals surface area contributed by atoms with E-state index in [-0.39, 0.29) is 18.3 Å². The van der Waals surface area contributed by atoms with E-state index in [4.69, 9.17) is 14.2 Å². The second kappa shape index (κ2) is 9.07. The van der Waals surface area contributed by atoms with Crippen molar-refractivity contribution in [2.24, 2.45) is 0 Å². The number of rotatable bonds is 7. The van der Waals surface area contributed by atoms with Crippen LogP contribution in [-0.4, -0.2) is 31.7 Å². The van der Waals surface area contributed by atoms with Crippen LogP contribution in [0.2, 0.25) is 0 Å². The molecule has 0 aliphatic carbocycles. The number of amides is 1. The summed E-state index contributed by atoms with van der Waals surface area (Å²) in [5, 5.41) is 2.75. The third-order valence-electron chi connectivity index (χ3n) is 3.76. The summed E-state index contributed by atoms with van der Waals surface area (Å²) in [6, 6.07) is 10.5. The van der Waals surface area contributed by atoms with Crippen LogP contribution >= 0.6 is 0 Å². The highest BCUT2D eigenvalue weighted by Crippen LogP contribution is 2.29. The third-order valence-corrected chi connectivity index (χ3v) is 3.76. The maximum absolute atomic E-state index is 12.2. The van der Waals surface area contributed by atoms with Gasteiger partial charge in [0.2, 0.25) is 0 Å². The van der Waals surface area contributed by atoms with Crippen molar-refractivity contribution in [1.82, 2.24) is 0 Å². The molecule has 0 aromatic heterocycles. The van der Waals surface area contributed by atoms with Gasteiger partial charge >= 0.3 is 5.97 Å². The maximum atomic E-state index is 12.2. The van der Waals surface area contributed by atoms with Crippen molar-refractivity contribution in [2.45, 2.75) is 33.8 Å². The molecule has 0 aliphatic heterocycles. The third kappa shape index (κ3) is 5.74. The van der Waals surface area contributed by atoms with Crippen LogP contribution in [0.5, 0.6) is 11.5 Å². The fourth-order valence-corrected chi connectivity index (χ4v) is 2.42. The van der Waals surface area contributed by atoms with Crippen molar-refractivity contribution in [1.29, 1.82) is 0 Å². The summed E-state index contributed by atoms with van der Waals surface area (Å²) in [7, 11) is 1.50. The quantitative estimate of drug-likeness (QED) is 0.748. The molecule has 0 saturated carbocycles. The molecule has 0 fully saturated rings. The van der Waals surface area contributed by atoms with Crippen LogP contribution in [0.1, 0.15) is 35.3 Å². The van der Waals surface area contributed by atoms with E-state index in [1.807, 2.05) is 45.9 Å². The zero-order chi connectivity index (χ0) is 20.0. The molecule has 2 aromatic carbocycles. The Labute approximate surface area is 159 Å². The summed E-state index contributed by atoms with van der Waals surface area (Å²) in [5.41, 5.74) is 2.95. The van der Waals surface area contributed by atoms with Crippen LogP contribution in [0.4, 0.5) is 5.69 Å². The van der Waals surface area contributed by atoms with Crippen LogP contribution in [0.3, 0.4) is 0 Å². The number of hydrogen-bond acceptors (Lipinski definition) is 5. The van der Waals surface area contributed by atoms with Crippen molar-refractivity contribution in [3.05, 3.63) is 53.1 Å². The Morgan fingerprint density at radius 2 is 1.78 bits per heavy atom. The van der Waals surface area contributed by atoms with Crippen molar-refractivity contribution in [3.8, 4) is 11.5 Å². The van der Waals surface area contributed by atoms with Gasteiger partial charge in [-0.1, -0.05) is 12.1 Å². The van der Waals surface area contributed by atoms with Gasteiger partial charge in [-0.25, -0.2) is 4.79 Å². The molecule has 0 radical (unpaired) electrons. The van der Waals surface area contributed by atoms with Gasteiger partial charge in [-0.05, 0) is 63.1 Å². The average molecular weight is 371 g/mol. The molecule has 0 aliphatic rings. The number of anilines is 1. The molecule has 2 aromatic rings. The fraction of sp³-hybridized carbons (Fsp3) is 0.333. The number of esters is 1. The second-order valence-corrected chi connectivity index (χ2v) is 6.47. The van der Waals surface area contributed by atoms with Crippen LogP contribution in [0, 0.1) is 13.8 Å². The first-order chi connectivity index (χ1) is 12.8. The van der Waals surface area contributed by atoms with Crippen LogP contribution in [0.15, 0.2) is 36.4 Å². The molecule has 27 heavy (non-hydrogen) atoms. The van der Waals surface area contributed by atoms with Crippen molar-refractivity contribution >= 4 is 17.6 Å². The largest absolute Gasteiger partial charge is 0.493 e. The first kappa shape index (κ1) is 20.3. The number of benzene rings is 2. The minimum Gasteiger partial charge on any atom is -0.493 e. The molecule has 1 N–H and O–H groups in total. The summed E-state index contributed by atoms with van der Waals surface area (Å²) >= 11 is 0. The Kier molecular flexibility index (Phi) is 6.82. The van der Waals surface area contributed by atoms with E-state index in [9.17, 15) is 9.59 Å². The van der Waals surface area contributed by atoms with Crippen molar-refractivity contribution < 1.29 is 23.8 Å². The molecule has 0 saturated heterocycles. The van der Waals surface area contributed by atoms with Gasteiger partial charge in [-0.15, -0.1) is 0 Å². The molecule has 0 atom stereocenters. The van der Waals surface area contributed by atoms with Gasteiger partial charge in [-0.2, -0.15) is 0 Å². The summed E-state index contributed by atoms with van der Waals surface area (Å²) in [6.45, 7) is 7.26. The molecule has 1 amide bonds. The van der Waals surface area contributed by atoms with Crippen molar-refractivity contribution in [2.75, 3.05) is 19.0 Å². The van der Waals surface area contributed by atoms with E-state index in [0.717, 1.165) is 11.1 Å². The lowest BCUT2D eigenvalue weighted by atomic mass is 10.1. The molecule has 0 unspecified atom stereocenters. The van der Waals surface area contributed by atoms with E-state index in [2.05, 4.69) is 5.32 Å². The highest BCUT2D eigenvalue weighted by Gasteiger charge is 2.15. The number of methoxy groups -OCH3 is 1. The maximum Gasteiger partial charge on any atom is 0.338 e. The number of carbonyl (C=O) groups is 2. The number of carbonyl (C=O) groups excluding carboxylic acids is 2. The first-order valence-electron chi connectivity index (χ1n) is 8.69. The van der Waals surface area contributed by atoms with Gasteiger partial charge in [0.15, 0.2) is 18.1 Å². The van der Waals surface area contributed by atoms with Crippen LogP contribution in [-0.2, 0) is 9.53 Å². The summed E-state index contributed by atoms with van der Waals surface area (Å²) in [4.78, 5) is 24.3. The van der Waals surface area contributed by atoms with Crippen LogP contribution < -0.4 is 14.8 Å². The van der Waals surface area contributed by atoms with Gasteiger partial charge < -0.3 is 19.5 Å². The molecule has 0 heterocycles. The normalized spacial score (nSPS) is 10.4. The second-order valence-electron chi connectivity index (χ2n) is 6.47. The summed E-state index contributed by atoms with van der Waals surface area (Å²) < 4.78 is 16.0. The molecule has 0 spiro atoms. The number of aryl methyl sites for hydroxylation is 2. The lowest BCUT2D eigenvalue weighted by molar-refractivity contribution is -0.119. The molecular weight excluding hydrogens is 346 g/mol. The molecule has 6 heteroatoms. The Morgan fingerprint density at radius 1 is 1.04 bits per heavy atom. The van der Waals surface area contributed by atoms with Gasteiger partial charge in [0.1, 0.15) is 0 Å². The number of nitrogens with one attached hydrogen (secondary N) is 1. The predicted molar refractivity (Wildman–Crippen MR) is 104 cm³/mol. The van der Waals surface area contributed by atoms with E-state index in [1.165, 1.54) is 13.2 Å². The molecule has 2 rings (SSSR count). The predicted octanol–water partition coefficient (Wildman–Crippen LogP) is 3.89. The van der Waals surface area contributed by atoms with Crippen molar-refractivity contribution in [3.63, 3.8) is 0 Å². The Bertz CT molecular complexity index is 829. The highest BCUT2D eigenvalue weighted by atomic mass is 16.5. The Morgan fingerprint density at radius 3 is 2.44 bits per heavy atom. The highest BCUT2D eigenvalue weighted by molar-refractivity contribution is 5.96. The summed E-state index contributed by atoms with van der Waals surface area (Å²) in [6.07, 6.45) is -0.0227. The van der Waals surface area contributed by atoms with E-state index >= 15 is 0 Å². The molecular formula is C21H25NO5. The van der Waals surface area contributed by atoms with Gasteiger partial charge in [-0.3, -0.25) is 4.79 Å². The van der Waals surface area contributed by atoms with E-state index < -0.39 is 11.9 Å². The standard InChI is InChI=1S/C21H25NO5/c1-13(2)27-18-9-8-16(11-19(18)25-5)21(24)26-12-20(23)22-17-10-14(3)6-7-15(17)4/h6-11,13H,12H2,1-5H3,(H,22,23). The average Bonchev–Trinajstić information content (AvgIpc) is 2.62.